The third-order valence-corrected chi connectivity index (χ3v) is 4.10. The molecule has 3 rings (SSSR count). The lowest BCUT2D eigenvalue weighted by molar-refractivity contribution is -0.167. The van der Waals surface area contributed by atoms with Gasteiger partial charge in [-0.05, 0) is 43.9 Å². The molecule has 70 valence electrons. The number of rotatable bonds is 1. The van der Waals surface area contributed by atoms with Crippen LogP contribution in [0.3, 0.4) is 0 Å². The molecule has 12 heavy (non-hydrogen) atoms. The summed E-state index contributed by atoms with van der Waals surface area (Å²) in [7, 11) is 0. The van der Waals surface area contributed by atoms with Gasteiger partial charge < -0.3 is 10.2 Å². The standard InChI is InChI=1S/C10H18O2/c1-6-8-3-9(6)5-10(12,4-8)7(2)11/h6-9,11-12H,3-5H2,1-2H3. The number of hydrogen-bond donors (Lipinski definition) is 2. The van der Waals surface area contributed by atoms with E-state index in [2.05, 4.69) is 6.92 Å². The van der Waals surface area contributed by atoms with Gasteiger partial charge in [-0.2, -0.15) is 0 Å². The summed E-state index contributed by atoms with van der Waals surface area (Å²) in [6.07, 6.45) is 2.33. The maximum atomic E-state index is 10.0. The van der Waals surface area contributed by atoms with Gasteiger partial charge in [-0.1, -0.05) is 6.92 Å². The van der Waals surface area contributed by atoms with Crippen molar-refractivity contribution in [2.75, 3.05) is 0 Å². The van der Waals surface area contributed by atoms with Crippen LogP contribution in [0.1, 0.15) is 33.1 Å². The zero-order valence-corrected chi connectivity index (χ0v) is 7.83. The van der Waals surface area contributed by atoms with Crippen molar-refractivity contribution in [2.45, 2.75) is 44.8 Å². The Labute approximate surface area is 73.6 Å². The Morgan fingerprint density at radius 1 is 1.33 bits per heavy atom. The van der Waals surface area contributed by atoms with Crippen LogP contribution in [0.5, 0.6) is 0 Å². The van der Waals surface area contributed by atoms with E-state index < -0.39 is 11.7 Å². The van der Waals surface area contributed by atoms with Crippen molar-refractivity contribution in [3.05, 3.63) is 0 Å². The predicted octanol–water partition coefficient (Wildman–Crippen LogP) is 1.16. The van der Waals surface area contributed by atoms with Crippen molar-refractivity contribution in [2.24, 2.45) is 17.8 Å². The highest BCUT2D eigenvalue weighted by atomic mass is 16.3. The third kappa shape index (κ3) is 1.01. The fourth-order valence-electron chi connectivity index (χ4n) is 2.88. The number of hydrogen-bond acceptors (Lipinski definition) is 2. The van der Waals surface area contributed by atoms with Crippen molar-refractivity contribution in [1.29, 1.82) is 0 Å². The zero-order valence-electron chi connectivity index (χ0n) is 7.83. The van der Waals surface area contributed by atoms with Crippen LogP contribution in [0, 0.1) is 17.8 Å². The molecule has 0 amide bonds. The first-order valence-electron chi connectivity index (χ1n) is 4.93. The molecule has 0 aliphatic heterocycles. The Balaban J connectivity index is 2.06. The van der Waals surface area contributed by atoms with E-state index in [9.17, 15) is 10.2 Å². The first kappa shape index (κ1) is 8.52. The minimum Gasteiger partial charge on any atom is -0.390 e. The van der Waals surface area contributed by atoms with Crippen LogP contribution in [-0.4, -0.2) is 21.9 Å². The van der Waals surface area contributed by atoms with Crippen molar-refractivity contribution < 1.29 is 10.2 Å². The van der Waals surface area contributed by atoms with Gasteiger partial charge in [0.2, 0.25) is 0 Å². The summed E-state index contributed by atoms with van der Waals surface area (Å²) in [4.78, 5) is 0. The summed E-state index contributed by atoms with van der Waals surface area (Å²) in [6.45, 7) is 3.97. The van der Waals surface area contributed by atoms with Gasteiger partial charge in [0.15, 0.2) is 0 Å². The average Bonchev–Trinajstić information content (AvgIpc) is 2.03. The second kappa shape index (κ2) is 2.46. The molecule has 0 radical (unpaired) electrons. The van der Waals surface area contributed by atoms with Gasteiger partial charge in [0.25, 0.3) is 0 Å². The predicted molar refractivity (Wildman–Crippen MR) is 46.6 cm³/mol. The summed E-state index contributed by atoms with van der Waals surface area (Å²) in [5, 5.41) is 19.4. The summed E-state index contributed by atoms with van der Waals surface area (Å²) in [5.41, 5.74) is -0.764. The Morgan fingerprint density at radius 3 is 2.17 bits per heavy atom. The molecular weight excluding hydrogens is 152 g/mol. The molecule has 2 N–H and O–H groups in total. The Hall–Kier alpha value is -0.0800. The van der Waals surface area contributed by atoms with Gasteiger partial charge in [-0.25, -0.2) is 0 Å². The van der Waals surface area contributed by atoms with Gasteiger partial charge in [0, 0.05) is 0 Å². The SMILES string of the molecule is CC1C2CC1CC(O)(C(C)O)C2. The van der Waals surface area contributed by atoms with Gasteiger partial charge in [-0.15, -0.1) is 0 Å². The molecule has 0 saturated heterocycles. The summed E-state index contributed by atoms with van der Waals surface area (Å²) < 4.78 is 0. The molecule has 0 aromatic heterocycles. The van der Waals surface area contributed by atoms with Crippen molar-refractivity contribution in [3.8, 4) is 0 Å². The summed E-state index contributed by atoms with van der Waals surface area (Å²) >= 11 is 0. The molecule has 0 spiro atoms. The van der Waals surface area contributed by atoms with Gasteiger partial charge in [0.05, 0.1) is 11.7 Å². The Morgan fingerprint density at radius 2 is 1.83 bits per heavy atom. The highest BCUT2D eigenvalue weighted by molar-refractivity contribution is 5.03. The van der Waals surface area contributed by atoms with E-state index in [1.165, 1.54) is 6.42 Å². The van der Waals surface area contributed by atoms with Crippen molar-refractivity contribution >= 4 is 0 Å². The molecule has 3 aliphatic rings. The first-order chi connectivity index (χ1) is 5.53. The van der Waals surface area contributed by atoms with Crippen molar-refractivity contribution in [3.63, 3.8) is 0 Å². The quantitative estimate of drug-likeness (QED) is 0.620. The van der Waals surface area contributed by atoms with E-state index in [0.29, 0.717) is 11.8 Å². The van der Waals surface area contributed by atoms with Crippen LogP contribution in [0.2, 0.25) is 0 Å². The first-order valence-corrected chi connectivity index (χ1v) is 4.93. The second-order valence-corrected chi connectivity index (χ2v) is 4.80. The molecule has 2 bridgehead atoms. The fourth-order valence-corrected chi connectivity index (χ4v) is 2.88. The van der Waals surface area contributed by atoms with Crippen LogP contribution >= 0.6 is 0 Å². The normalized spacial score (nSPS) is 54.5. The molecule has 3 atom stereocenters. The molecule has 0 aromatic rings. The molecule has 0 aromatic carbocycles. The smallest absolute Gasteiger partial charge is 0.0908 e. The fraction of sp³-hybridized carbons (Fsp3) is 1.00. The highest BCUT2D eigenvalue weighted by Crippen LogP contribution is 2.54. The molecule has 3 saturated carbocycles. The van der Waals surface area contributed by atoms with Crippen LogP contribution in [0.15, 0.2) is 0 Å². The lowest BCUT2D eigenvalue weighted by Crippen LogP contribution is -2.55. The van der Waals surface area contributed by atoms with Crippen LogP contribution in [0.4, 0.5) is 0 Å². The van der Waals surface area contributed by atoms with Gasteiger partial charge in [-0.3, -0.25) is 0 Å². The largest absolute Gasteiger partial charge is 0.390 e. The second-order valence-electron chi connectivity index (χ2n) is 4.80. The highest BCUT2D eigenvalue weighted by Gasteiger charge is 2.52. The Kier molecular flexibility index (Phi) is 1.74. The number of fused-ring (bicyclic) bond motifs is 2. The van der Waals surface area contributed by atoms with Gasteiger partial charge in [0.1, 0.15) is 0 Å². The molecule has 2 heteroatoms. The minimum atomic E-state index is -0.764. The molecule has 2 nitrogen and oxygen atoms in total. The topological polar surface area (TPSA) is 40.5 Å². The Bertz CT molecular complexity index is 176. The molecule has 3 unspecified atom stereocenters. The molecule has 3 fully saturated rings. The number of aliphatic hydroxyl groups is 2. The van der Waals surface area contributed by atoms with E-state index >= 15 is 0 Å². The monoisotopic (exact) mass is 170 g/mol. The summed E-state index contributed by atoms with van der Waals surface area (Å²) in [6, 6.07) is 0. The van der Waals surface area contributed by atoms with E-state index in [1.807, 2.05) is 0 Å². The molecular formula is C10H18O2. The van der Waals surface area contributed by atoms with E-state index in [0.717, 1.165) is 18.8 Å². The summed E-state index contributed by atoms with van der Waals surface area (Å²) in [5.74, 6) is 2.12. The lowest BCUT2D eigenvalue weighted by Gasteiger charge is -2.55. The number of aliphatic hydroxyl groups excluding tert-OH is 1. The van der Waals surface area contributed by atoms with Crippen molar-refractivity contribution in [1.82, 2.24) is 0 Å². The van der Waals surface area contributed by atoms with E-state index in [-0.39, 0.29) is 0 Å². The van der Waals surface area contributed by atoms with E-state index in [1.54, 1.807) is 6.92 Å². The average molecular weight is 170 g/mol. The molecule has 0 heterocycles. The van der Waals surface area contributed by atoms with Crippen LogP contribution in [-0.2, 0) is 0 Å². The minimum absolute atomic E-state index is 0.560. The van der Waals surface area contributed by atoms with E-state index in [4.69, 9.17) is 0 Å². The maximum Gasteiger partial charge on any atom is 0.0908 e. The lowest BCUT2D eigenvalue weighted by atomic mass is 9.53. The van der Waals surface area contributed by atoms with Crippen LogP contribution in [0.25, 0.3) is 0 Å². The van der Waals surface area contributed by atoms with Gasteiger partial charge >= 0.3 is 0 Å². The zero-order chi connectivity index (χ0) is 8.93. The van der Waals surface area contributed by atoms with Crippen LogP contribution < -0.4 is 0 Å². The third-order valence-electron chi connectivity index (χ3n) is 4.10. The molecule has 3 aliphatic carbocycles. The maximum absolute atomic E-state index is 10.0.